The zero-order chi connectivity index (χ0) is 22.0. The molecule has 0 fully saturated rings. The maximum Gasteiger partial charge on any atom is 0.488 e. The van der Waals surface area contributed by atoms with Crippen molar-refractivity contribution in [3.8, 4) is 5.75 Å². The maximum atomic E-state index is 13.8. The molecule has 6 heteroatoms. The van der Waals surface area contributed by atoms with Crippen LogP contribution in [0.25, 0.3) is 0 Å². The Bertz CT molecular complexity index is 532. The summed E-state index contributed by atoms with van der Waals surface area (Å²) in [6.07, 6.45) is 20.3. The number of benzene rings is 1. The number of rotatable bonds is 19. The van der Waals surface area contributed by atoms with Crippen LogP contribution in [0.3, 0.4) is 0 Å². The maximum absolute atomic E-state index is 13.8. The molecule has 0 saturated heterocycles. The SMILES string of the molecule is CCCCCCCCCCCCCCCCCCOc1c(F)cc(B(O)O)cc1F. The monoisotopic (exact) mass is 426 g/mol. The Morgan fingerprint density at radius 3 is 1.40 bits per heavy atom. The molecule has 1 rings (SSSR count). The van der Waals surface area contributed by atoms with Crippen molar-refractivity contribution in [1.82, 2.24) is 0 Å². The van der Waals surface area contributed by atoms with Crippen LogP contribution in [-0.2, 0) is 0 Å². The largest absolute Gasteiger partial charge is 0.488 e. The standard InChI is InChI=1S/C24H41BF2O3/c1-2-3-4-5-6-7-8-9-10-11-12-13-14-15-16-17-18-30-24-22(26)19-21(25(28)29)20-23(24)27/h19-20,28-29H,2-18H2,1H3. The molecule has 30 heavy (non-hydrogen) atoms. The molecule has 3 nitrogen and oxygen atoms in total. The van der Waals surface area contributed by atoms with E-state index in [-0.39, 0.29) is 12.1 Å². The summed E-state index contributed by atoms with van der Waals surface area (Å²) in [5, 5.41) is 18.0. The second-order valence-corrected chi connectivity index (χ2v) is 8.34. The molecule has 2 N–H and O–H groups in total. The lowest BCUT2D eigenvalue weighted by molar-refractivity contribution is 0.275. The van der Waals surface area contributed by atoms with Gasteiger partial charge in [-0.2, -0.15) is 0 Å². The van der Waals surface area contributed by atoms with Crippen molar-refractivity contribution in [3.05, 3.63) is 23.8 Å². The highest BCUT2D eigenvalue weighted by Crippen LogP contribution is 2.21. The van der Waals surface area contributed by atoms with Gasteiger partial charge in [-0.15, -0.1) is 0 Å². The molecule has 0 saturated carbocycles. The summed E-state index contributed by atoms with van der Waals surface area (Å²) in [4.78, 5) is 0. The molecular weight excluding hydrogens is 385 g/mol. The van der Waals surface area contributed by atoms with Crippen molar-refractivity contribution in [2.75, 3.05) is 6.61 Å². The molecule has 1 aromatic carbocycles. The molecule has 1 aromatic rings. The lowest BCUT2D eigenvalue weighted by Crippen LogP contribution is -2.30. The molecular formula is C24H41BF2O3. The number of hydrogen-bond acceptors (Lipinski definition) is 3. The van der Waals surface area contributed by atoms with Crippen molar-refractivity contribution in [3.63, 3.8) is 0 Å². The van der Waals surface area contributed by atoms with Crippen molar-refractivity contribution in [2.45, 2.75) is 110 Å². The van der Waals surface area contributed by atoms with Gasteiger partial charge in [0.05, 0.1) is 6.61 Å². The molecule has 0 heterocycles. The van der Waals surface area contributed by atoms with Crippen molar-refractivity contribution in [2.24, 2.45) is 0 Å². The molecule has 0 aliphatic carbocycles. The minimum absolute atomic E-state index is 0.222. The summed E-state index contributed by atoms with van der Waals surface area (Å²) in [7, 11) is -1.90. The van der Waals surface area contributed by atoms with E-state index in [1.54, 1.807) is 0 Å². The molecule has 0 unspecified atom stereocenters. The first kappa shape index (κ1) is 26.9. The normalized spacial score (nSPS) is 11.1. The van der Waals surface area contributed by atoms with E-state index in [9.17, 15) is 8.78 Å². The predicted molar refractivity (Wildman–Crippen MR) is 121 cm³/mol. The molecule has 0 bridgehead atoms. The van der Waals surface area contributed by atoms with Gasteiger partial charge in [-0.3, -0.25) is 0 Å². The van der Waals surface area contributed by atoms with Gasteiger partial charge in [-0.25, -0.2) is 8.78 Å². The smallest absolute Gasteiger partial charge is 0.488 e. The van der Waals surface area contributed by atoms with E-state index in [1.165, 1.54) is 83.5 Å². The Kier molecular flexibility index (Phi) is 15.7. The first-order chi connectivity index (χ1) is 14.6. The Morgan fingerprint density at radius 1 is 0.667 bits per heavy atom. The number of halogens is 2. The fourth-order valence-electron chi connectivity index (χ4n) is 3.69. The quantitative estimate of drug-likeness (QED) is 0.202. The minimum Gasteiger partial charge on any atom is -0.488 e. The van der Waals surface area contributed by atoms with Crippen LogP contribution in [0.1, 0.15) is 110 Å². The summed E-state index contributed by atoms with van der Waals surface area (Å²) < 4.78 is 32.8. The average molecular weight is 426 g/mol. The molecule has 0 amide bonds. The van der Waals surface area contributed by atoms with Crippen LogP contribution in [0.4, 0.5) is 8.78 Å². The van der Waals surface area contributed by atoms with Crippen LogP contribution in [0, 0.1) is 11.6 Å². The molecule has 0 radical (unpaired) electrons. The zero-order valence-corrected chi connectivity index (χ0v) is 18.8. The Labute approximate surface area is 182 Å². The number of hydrogen-bond donors (Lipinski definition) is 2. The third kappa shape index (κ3) is 12.5. The van der Waals surface area contributed by atoms with E-state index < -0.39 is 24.5 Å². The third-order valence-corrected chi connectivity index (χ3v) is 5.56. The van der Waals surface area contributed by atoms with Crippen LogP contribution < -0.4 is 10.2 Å². The van der Waals surface area contributed by atoms with E-state index in [4.69, 9.17) is 14.8 Å². The van der Waals surface area contributed by atoms with Gasteiger partial charge >= 0.3 is 7.12 Å². The van der Waals surface area contributed by atoms with Crippen LogP contribution in [0.15, 0.2) is 12.1 Å². The lowest BCUT2D eigenvalue weighted by Gasteiger charge is -2.10. The Hall–Kier alpha value is -1.14. The van der Waals surface area contributed by atoms with Crippen molar-refractivity contribution in [1.29, 1.82) is 0 Å². The highest BCUT2D eigenvalue weighted by Gasteiger charge is 2.18. The Morgan fingerprint density at radius 2 is 1.03 bits per heavy atom. The van der Waals surface area contributed by atoms with Gasteiger partial charge in [0.15, 0.2) is 17.4 Å². The topological polar surface area (TPSA) is 49.7 Å². The predicted octanol–water partition coefficient (Wildman–Crippen LogP) is 6.28. The molecule has 0 spiro atoms. The van der Waals surface area contributed by atoms with Crippen LogP contribution >= 0.6 is 0 Å². The van der Waals surface area contributed by atoms with Gasteiger partial charge in [0.25, 0.3) is 0 Å². The first-order valence-electron chi connectivity index (χ1n) is 12.0. The van der Waals surface area contributed by atoms with Gasteiger partial charge in [0.2, 0.25) is 0 Å². The van der Waals surface area contributed by atoms with E-state index in [1.807, 2.05) is 0 Å². The third-order valence-electron chi connectivity index (χ3n) is 5.56. The lowest BCUT2D eigenvalue weighted by atomic mass is 9.80. The summed E-state index contributed by atoms with van der Waals surface area (Å²) in [5.74, 6) is -2.26. The fraction of sp³-hybridized carbons (Fsp3) is 0.750. The second-order valence-electron chi connectivity index (χ2n) is 8.34. The van der Waals surface area contributed by atoms with E-state index in [0.717, 1.165) is 31.4 Å². The molecule has 0 aliphatic rings. The van der Waals surface area contributed by atoms with Gasteiger partial charge in [0.1, 0.15) is 0 Å². The Balaban J connectivity index is 1.91. The summed E-state index contributed by atoms with van der Waals surface area (Å²) in [5.41, 5.74) is -0.222. The fourth-order valence-corrected chi connectivity index (χ4v) is 3.69. The van der Waals surface area contributed by atoms with Crippen molar-refractivity contribution < 1.29 is 23.6 Å². The van der Waals surface area contributed by atoms with Gasteiger partial charge in [-0.05, 0) is 24.0 Å². The van der Waals surface area contributed by atoms with E-state index in [0.29, 0.717) is 0 Å². The molecule has 0 atom stereocenters. The second kappa shape index (κ2) is 17.5. The van der Waals surface area contributed by atoms with Gasteiger partial charge < -0.3 is 14.8 Å². The van der Waals surface area contributed by atoms with Crippen LogP contribution in [-0.4, -0.2) is 23.8 Å². The van der Waals surface area contributed by atoms with Gasteiger partial charge in [-0.1, -0.05) is 103 Å². The zero-order valence-electron chi connectivity index (χ0n) is 18.8. The highest BCUT2D eigenvalue weighted by molar-refractivity contribution is 6.58. The highest BCUT2D eigenvalue weighted by atomic mass is 19.1. The van der Waals surface area contributed by atoms with Crippen LogP contribution in [0.5, 0.6) is 5.75 Å². The van der Waals surface area contributed by atoms with Crippen LogP contribution in [0.2, 0.25) is 0 Å². The minimum atomic E-state index is -1.90. The first-order valence-corrected chi connectivity index (χ1v) is 12.0. The van der Waals surface area contributed by atoms with Crippen molar-refractivity contribution >= 4 is 12.6 Å². The summed E-state index contributed by atoms with van der Waals surface area (Å²) in [6.45, 7) is 2.52. The molecule has 0 aliphatic heterocycles. The average Bonchev–Trinajstić information content (AvgIpc) is 2.71. The van der Waals surface area contributed by atoms with Gasteiger partial charge in [0, 0.05) is 0 Å². The van der Waals surface area contributed by atoms with E-state index in [2.05, 4.69) is 6.92 Å². The summed E-state index contributed by atoms with van der Waals surface area (Å²) >= 11 is 0. The number of ether oxygens (including phenoxy) is 1. The van der Waals surface area contributed by atoms with E-state index >= 15 is 0 Å². The molecule has 0 aromatic heterocycles. The molecule has 172 valence electrons. The summed E-state index contributed by atoms with van der Waals surface area (Å²) in [6, 6.07) is 1.77. The number of unbranched alkanes of at least 4 members (excludes halogenated alkanes) is 15.